The summed E-state index contributed by atoms with van der Waals surface area (Å²) in [6.07, 6.45) is 1.29. The van der Waals surface area contributed by atoms with E-state index >= 15 is 0 Å². The fourth-order valence-electron chi connectivity index (χ4n) is 0.801. The minimum absolute atomic E-state index is 0. The molecule has 1 aromatic carbocycles. The minimum atomic E-state index is -3.50. The molecular formula is C9H11O3RbS. The van der Waals surface area contributed by atoms with E-state index in [4.69, 9.17) is 4.18 Å². The molecule has 5 heteroatoms. The van der Waals surface area contributed by atoms with Gasteiger partial charge >= 0.3 is 68.3 Å². The van der Waals surface area contributed by atoms with Crippen molar-refractivity contribution in [3.63, 3.8) is 0 Å². The molecule has 1 aromatic rings. The third kappa shape index (κ3) is 5.41. The summed E-state index contributed by atoms with van der Waals surface area (Å²) in [7, 11) is -3.50. The van der Waals surface area contributed by atoms with Crippen LogP contribution < -0.4 is 62.4 Å². The first-order valence-corrected chi connectivity index (χ1v) is 5.30. The van der Waals surface area contributed by atoms with Crippen LogP contribution in [0.4, 0.5) is 0 Å². The summed E-state index contributed by atoms with van der Waals surface area (Å²) in [5.41, 5.74) is 0. The van der Waals surface area contributed by atoms with Crippen molar-refractivity contribution in [2.24, 2.45) is 0 Å². The van der Waals surface area contributed by atoms with E-state index in [9.17, 15) is 8.42 Å². The fraction of sp³-hybridized carbons (Fsp3) is 0.111. The minimum Gasteiger partial charge on any atom is -1.00 e. The quantitative estimate of drug-likeness (QED) is 0.510. The summed E-state index contributed by atoms with van der Waals surface area (Å²) in [6.45, 7) is 3.33. The topological polar surface area (TPSA) is 43.4 Å². The molecule has 0 aliphatic heterocycles. The monoisotopic (exact) mass is 284 g/mol. The SMILES string of the molecule is C=CCS(=O)(=O)Oc1ccccc1.[H-].[Rb+]. The van der Waals surface area contributed by atoms with E-state index in [1.165, 1.54) is 6.08 Å². The van der Waals surface area contributed by atoms with Crippen LogP contribution in [0.3, 0.4) is 0 Å². The summed E-state index contributed by atoms with van der Waals surface area (Å²) in [4.78, 5) is 0. The Morgan fingerprint density at radius 2 is 1.93 bits per heavy atom. The zero-order valence-corrected chi connectivity index (χ0v) is 13.7. The molecule has 1 rings (SSSR count). The Balaban J connectivity index is 0. The molecule has 0 spiro atoms. The first kappa shape index (κ1) is 14.5. The summed E-state index contributed by atoms with van der Waals surface area (Å²) in [5, 5.41) is 0. The van der Waals surface area contributed by atoms with Crippen LogP contribution in [-0.4, -0.2) is 14.2 Å². The number of hydrogen-bond donors (Lipinski definition) is 0. The number of hydrogen-bond acceptors (Lipinski definition) is 3. The van der Waals surface area contributed by atoms with Gasteiger partial charge in [-0.15, -0.1) is 6.58 Å². The van der Waals surface area contributed by atoms with E-state index in [-0.39, 0.29) is 65.4 Å². The van der Waals surface area contributed by atoms with Crippen LogP contribution >= 0.6 is 0 Å². The molecule has 0 aliphatic rings. The van der Waals surface area contributed by atoms with Crippen LogP contribution in [0.5, 0.6) is 5.75 Å². The second-order valence-corrected chi connectivity index (χ2v) is 4.02. The van der Waals surface area contributed by atoms with E-state index in [1.807, 2.05) is 0 Å². The fourth-order valence-corrected chi connectivity index (χ4v) is 1.56. The number of para-hydroxylation sites is 1. The number of rotatable bonds is 4. The van der Waals surface area contributed by atoms with Gasteiger partial charge in [0.2, 0.25) is 0 Å². The summed E-state index contributed by atoms with van der Waals surface area (Å²) >= 11 is 0. The van der Waals surface area contributed by atoms with Crippen molar-refractivity contribution in [3.8, 4) is 5.75 Å². The first-order chi connectivity index (χ1) is 6.14. The molecule has 0 N–H and O–H groups in total. The largest absolute Gasteiger partial charge is 1.00 e. The van der Waals surface area contributed by atoms with E-state index in [2.05, 4.69) is 6.58 Å². The third-order valence-electron chi connectivity index (χ3n) is 1.29. The average Bonchev–Trinajstić information content (AvgIpc) is 2.04. The Hall–Kier alpha value is 0.515. The van der Waals surface area contributed by atoms with Gasteiger partial charge in [-0.2, -0.15) is 8.42 Å². The van der Waals surface area contributed by atoms with Gasteiger partial charge in [-0.25, -0.2) is 0 Å². The van der Waals surface area contributed by atoms with Crippen LogP contribution in [0.25, 0.3) is 0 Å². The van der Waals surface area contributed by atoms with Crippen molar-refractivity contribution in [1.82, 2.24) is 0 Å². The molecule has 14 heavy (non-hydrogen) atoms. The van der Waals surface area contributed by atoms with Gasteiger partial charge in [-0.05, 0) is 12.1 Å². The second kappa shape index (κ2) is 6.90. The maximum atomic E-state index is 11.1. The molecule has 0 aliphatic carbocycles. The molecule has 0 unspecified atom stereocenters. The van der Waals surface area contributed by atoms with Gasteiger partial charge in [0.05, 0.1) is 0 Å². The van der Waals surface area contributed by atoms with Crippen molar-refractivity contribution in [2.45, 2.75) is 0 Å². The van der Waals surface area contributed by atoms with Crippen molar-refractivity contribution in [1.29, 1.82) is 0 Å². The summed E-state index contributed by atoms with van der Waals surface area (Å²) in [6, 6.07) is 8.37. The molecule has 0 amide bonds. The van der Waals surface area contributed by atoms with Gasteiger partial charge in [-0.1, -0.05) is 24.3 Å². The Bertz CT molecular complexity index is 378. The van der Waals surface area contributed by atoms with Crippen LogP contribution in [0.15, 0.2) is 43.0 Å². The van der Waals surface area contributed by atoms with E-state index in [0.29, 0.717) is 5.75 Å². The zero-order chi connectivity index (χ0) is 9.73. The Labute approximate surface area is 135 Å². The predicted octanol–water partition coefficient (Wildman–Crippen LogP) is -1.30. The van der Waals surface area contributed by atoms with Gasteiger partial charge in [0.15, 0.2) is 0 Å². The molecular weight excluding hydrogens is 274 g/mol. The zero-order valence-electron chi connectivity index (χ0n) is 9.01. The maximum absolute atomic E-state index is 11.1. The normalized spacial score (nSPS) is 10.0. The van der Waals surface area contributed by atoms with Crippen LogP contribution in [0, 0.1) is 0 Å². The molecule has 0 radical (unpaired) electrons. The molecule has 0 aromatic heterocycles. The molecule has 0 fully saturated rings. The van der Waals surface area contributed by atoms with Gasteiger partial charge in [0.1, 0.15) is 11.5 Å². The predicted molar refractivity (Wildman–Crippen MR) is 52.2 cm³/mol. The number of benzene rings is 1. The van der Waals surface area contributed by atoms with Crippen LogP contribution in [0.1, 0.15) is 1.43 Å². The van der Waals surface area contributed by atoms with Crippen molar-refractivity contribution in [3.05, 3.63) is 43.0 Å². The Kier molecular flexibility index (Phi) is 7.15. The van der Waals surface area contributed by atoms with E-state index < -0.39 is 10.1 Å². The van der Waals surface area contributed by atoms with Crippen molar-refractivity contribution in [2.75, 3.05) is 5.75 Å². The second-order valence-electron chi connectivity index (χ2n) is 2.41. The van der Waals surface area contributed by atoms with Gasteiger partial charge in [0.25, 0.3) is 0 Å². The van der Waals surface area contributed by atoms with E-state index in [0.717, 1.165) is 0 Å². The first-order valence-electron chi connectivity index (χ1n) is 3.72. The standard InChI is InChI=1S/C9H10O3S.Rb.H/c1-2-8-13(10,11)12-9-6-4-3-5-7-9;;/h2-7H,1,8H2;;/q;+1;-1. The molecule has 72 valence electrons. The molecule has 0 bridgehead atoms. The molecule has 0 atom stereocenters. The van der Waals surface area contributed by atoms with Gasteiger partial charge < -0.3 is 5.61 Å². The molecule has 0 saturated heterocycles. The molecule has 3 nitrogen and oxygen atoms in total. The maximum Gasteiger partial charge on any atom is 1.00 e. The van der Waals surface area contributed by atoms with Gasteiger partial charge in [-0.3, -0.25) is 0 Å². The smallest absolute Gasteiger partial charge is 1.00 e. The summed E-state index contributed by atoms with van der Waals surface area (Å²) < 4.78 is 27.0. The molecule has 0 saturated carbocycles. The van der Waals surface area contributed by atoms with E-state index in [1.54, 1.807) is 30.3 Å². The summed E-state index contributed by atoms with van der Waals surface area (Å²) in [5.74, 6) is 0.145. The Morgan fingerprint density at radius 3 is 2.43 bits per heavy atom. The van der Waals surface area contributed by atoms with Gasteiger partial charge in [0, 0.05) is 0 Å². The average molecular weight is 285 g/mol. The third-order valence-corrected chi connectivity index (χ3v) is 2.38. The van der Waals surface area contributed by atoms with Crippen molar-refractivity contribution >= 4 is 10.1 Å². The van der Waals surface area contributed by atoms with Crippen LogP contribution in [0.2, 0.25) is 0 Å². The van der Waals surface area contributed by atoms with Crippen molar-refractivity contribution < 1.29 is 72.2 Å². The Morgan fingerprint density at radius 1 is 1.36 bits per heavy atom. The molecule has 0 heterocycles. The van der Waals surface area contributed by atoms with Crippen LogP contribution in [-0.2, 0) is 10.1 Å².